The van der Waals surface area contributed by atoms with Gasteiger partial charge in [0.05, 0.1) is 5.56 Å². The van der Waals surface area contributed by atoms with E-state index in [0.717, 1.165) is 25.7 Å². The maximum absolute atomic E-state index is 11.4. The van der Waals surface area contributed by atoms with Crippen LogP contribution in [0.3, 0.4) is 0 Å². The van der Waals surface area contributed by atoms with Gasteiger partial charge in [0.1, 0.15) is 11.5 Å². The molecule has 0 aromatic heterocycles. The molecule has 0 bridgehead atoms. The van der Waals surface area contributed by atoms with Crippen molar-refractivity contribution in [3.8, 4) is 11.5 Å². The molecular weight excluding hydrogens is 372 g/mol. The van der Waals surface area contributed by atoms with Crippen LogP contribution < -0.4 is 0 Å². The summed E-state index contributed by atoms with van der Waals surface area (Å²) >= 11 is 0. The van der Waals surface area contributed by atoms with Crippen LogP contribution in [-0.4, -0.2) is 16.5 Å². The van der Waals surface area contributed by atoms with E-state index in [1.54, 1.807) is 6.07 Å². The van der Waals surface area contributed by atoms with Crippen LogP contribution in [0.4, 0.5) is 0 Å². The van der Waals surface area contributed by atoms with Crippen LogP contribution in [0.15, 0.2) is 52.7 Å². The summed E-state index contributed by atoms with van der Waals surface area (Å²) < 4.78 is 0. The molecule has 0 saturated heterocycles. The van der Waals surface area contributed by atoms with E-state index in [1.165, 1.54) is 22.3 Å². The molecule has 0 unspecified atom stereocenters. The Morgan fingerprint density at radius 2 is 1.27 bits per heavy atom. The standard InChI is InChI=1S/C27H38O3/c1-19(2)9-7-11-21(5)13-15-23-17-24(18-28)27(30)25(26(23)29)16-14-22(6)12-8-10-20(3)4/h9-10,13-14,17-18,29-30H,7-8,11-12,15-16H2,1-6H3. The number of phenols is 2. The average molecular weight is 411 g/mol. The van der Waals surface area contributed by atoms with E-state index in [9.17, 15) is 15.0 Å². The Kier molecular flexibility index (Phi) is 11.0. The molecule has 0 heterocycles. The number of rotatable bonds is 11. The van der Waals surface area contributed by atoms with Gasteiger partial charge in [-0.25, -0.2) is 0 Å². The zero-order valence-corrected chi connectivity index (χ0v) is 19.5. The smallest absolute Gasteiger partial charge is 0.153 e. The van der Waals surface area contributed by atoms with Gasteiger partial charge >= 0.3 is 0 Å². The van der Waals surface area contributed by atoms with Crippen molar-refractivity contribution in [1.29, 1.82) is 0 Å². The molecule has 1 aromatic carbocycles. The number of carbonyl (C=O) groups excluding carboxylic acids is 1. The molecule has 0 fully saturated rings. The summed E-state index contributed by atoms with van der Waals surface area (Å²) in [4.78, 5) is 11.4. The first-order valence-corrected chi connectivity index (χ1v) is 10.8. The van der Waals surface area contributed by atoms with Gasteiger partial charge in [-0.2, -0.15) is 0 Å². The Labute approximate surface area is 182 Å². The lowest BCUT2D eigenvalue weighted by molar-refractivity contribution is 0.112. The predicted molar refractivity (Wildman–Crippen MR) is 127 cm³/mol. The fraction of sp³-hybridized carbons (Fsp3) is 0.444. The van der Waals surface area contributed by atoms with Gasteiger partial charge in [0.2, 0.25) is 0 Å². The van der Waals surface area contributed by atoms with E-state index in [1.807, 2.05) is 6.08 Å². The highest BCUT2D eigenvalue weighted by atomic mass is 16.3. The minimum atomic E-state index is -0.121. The lowest BCUT2D eigenvalue weighted by Crippen LogP contribution is -1.96. The van der Waals surface area contributed by atoms with Crippen LogP contribution >= 0.6 is 0 Å². The van der Waals surface area contributed by atoms with Crippen molar-refractivity contribution in [2.75, 3.05) is 0 Å². The third kappa shape index (κ3) is 8.86. The zero-order chi connectivity index (χ0) is 22.7. The van der Waals surface area contributed by atoms with Crippen LogP contribution in [-0.2, 0) is 12.8 Å². The summed E-state index contributed by atoms with van der Waals surface area (Å²) in [5.74, 6) is -0.0383. The summed E-state index contributed by atoms with van der Waals surface area (Å²) in [6.07, 6.45) is 14.0. The van der Waals surface area contributed by atoms with Crippen molar-refractivity contribution in [2.24, 2.45) is 0 Å². The third-order valence-electron chi connectivity index (χ3n) is 5.11. The van der Waals surface area contributed by atoms with E-state index in [4.69, 9.17) is 0 Å². The van der Waals surface area contributed by atoms with Gasteiger partial charge < -0.3 is 10.2 Å². The molecule has 0 aliphatic rings. The van der Waals surface area contributed by atoms with Gasteiger partial charge in [-0.3, -0.25) is 4.79 Å². The number of carbonyl (C=O) groups is 1. The summed E-state index contributed by atoms with van der Waals surface area (Å²) in [6, 6.07) is 1.59. The number of allylic oxidation sites excluding steroid dienone is 8. The van der Waals surface area contributed by atoms with Crippen LogP contribution in [0.5, 0.6) is 11.5 Å². The quantitative estimate of drug-likeness (QED) is 0.295. The second-order valence-electron chi connectivity index (χ2n) is 8.57. The van der Waals surface area contributed by atoms with E-state index in [2.05, 4.69) is 59.8 Å². The van der Waals surface area contributed by atoms with Crippen molar-refractivity contribution in [1.82, 2.24) is 0 Å². The molecule has 1 rings (SSSR count). The van der Waals surface area contributed by atoms with E-state index in [-0.39, 0.29) is 17.1 Å². The largest absolute Gasteiger partial charge is 0.507 e. The molecular formula is C27H38O3. The molecule has 3 heteroatoms. The predicted octanol–water partition coefficient (Wildman–Crippen LogP) is 7.38. The highest BCUT2D eigenvalue weighted by molar-refractivity contribution is 5.82. The first-order valence-electron chi connectivity index (χ1n) is 10.8. The number of aromatic hydroxyl groups is 2. The van der Waals surface area contributed by atoms with Crippen LogP contribution in [0.1, 0.15) is 88.7 Å². The van der Waals surface area contributed by atoms with E-state index >= 15 is 0 Å². The monoisotopic (exact) mass is 410 g/mol. The Balaban J connectivity index is 3.02. The zero-order valence-electron chi connectivity index (χ0n) is 19.5. The molecule has 3 nitrogen and oxygen atoms in total. The van der Waals surface area contributed by atoms with Gasteiger partial charge in [-0.15, -0.1) is 0 Å². The van der Waals surface area contributed by atoms with Crippen LogP contribution in [0.25, 0.3) is 0 Å². The Morgan fingerprint density at radius 1 is 0.767 bits per heavy atom. The van der Waals surface area contributed by atoms with Crippen molar-refractivity contribution in [3.05, 3.63) is 69.4 Å². The average Bonchev–Trinajstić information content (AvgIpc) is 2.66. The normalized spacial score (nSPS) is 11.9. The molecule has 0 amide bonds. The molecule has 1 aromatic rings. The molecule has 164 valence electrons. The Hall–Kier alpha value is -2.55. The minimum absolute atomic E-state index is 0.0831. The van der Waals surface area contributed by atoms with Crippen molar-refractivity contribution >= 4 is 6.29 Å². The topological polar surface area (TPSA) is 57.5 Å². The third-order valence-corrected chi connectivity index (χ3v) is 5.11. The molecule has 0 aliphatic carbocycles. The minimum Gasteiger partial charge on any atom is -0.507 e. The molecule has 0 atom stereocenters. The summed E-state index contributed by atoms with van der Waals surface area (Å²) in [5.41, 5.74) is 6.36. The highest BCUT2D eigenvalue weighted by Gasteiger charge is 2.16. The van der Waals surface area contributed by atoms with Gasteiger partial charge in [0.15, 0.2) is 6.29 Å². The van der Waals surface area contributed by atoms with Crippen molar-refractivity contribution in [3.63, 3.8) is 0 Å². The number of hydrogen-bond donors (Lipinski definition) is 2. The maximum Gasteiger partial charge on any atom is 0.153 e. The maximum atomic E-state index is 11.4. The van der Waals surface area contributed by atoms with Gasteiger partial charge in [0, 0.05) is 5.56 Å². The molecule has 0 radical (unpaired) electrons. The van der Waals surface area contributed by atoms with Crippen LogP contribution in [0, 0.1) is 0 Å². The second kappa shape index (κ2) is 12.9. The van der Waals surface area contributed by atoms with Gasteiger partial charge in [-0.05, 0) is 91.7 Å². The second-order valence-corrected chi connectivity index (χ2v) is 8.57. The Bertz CT molecular complexity index is 843. The van der Waals surface area contributed by atoms with Crippen molar-refractivity contribution < 1.29 is 15.0 Å². The van der Waals surface area contributed by atoms with Crippen molar-refractivity contribution in [2.45, 2.75) is 80.1 Å². The lowest BCUT2D eigenvalue weighted by atomic mass is 9.96. The fourth-order valence-corrected chi connectivity index (χ4v) is 3.19. The van der Waals surface area contributed by atoms with Crippen LogP contribution in [0.2, 0.25) is 0 Å². The Morgan fingerprint density at radius 3 is 1.73 bits per heavy atom. The molecule has 0 aliphatic heterocycles. The SMILES string of the molecule is CC(C)=CCCC(C)=CCc1cc(C=O)c(O)c(CC=C(C)CCC=C(C)C)c1O. The fourth-order valence-electron chi connectivity index (χ4n) is 3.19. The number of aldehydes is 1. The summed E-state index contributed by atoms with van der Waals surface area (Å²) in [5, 5.41) is 21.2. The van der Waals surface area contributed by atoms with E-state index < -0.39 is 0 Å². The first-order chi connectivity index (χ1) is 14.1. The van der Waals surface area contributed by atoms with E-state index in [0.29, 0.717) is 30.3 Å². The number of benzene rings is 1. The lowest BCUT2D eigenvalue weighted by Gasteiger charge is -2.13. The first kappa shape index (κ1) is 25.5. The highest BCUT2D eigenvalue weighted by Crippen LogP contribution is 2.35. The van der Waals surface area contributed by atoms with Gasteiger partial charge in [0.25, 0.3) is 0 Å². The van der Waals surface area contributed by atoms with Gasteiger partial charge in [-0.1, -0.05) is 46.6 Å². The molecule has 0 spiro atoms. The summed E-state index contributed by atoms with van der Waals surface area (Å²) in [6.45, 7) is 12.5. The molecule has 0 saturated carbocycles. The number of phenolic OH excluding ortho intramolecular Hbond substituents is 2. The summed E-state index contributed by atoms with van der Waals surface area (Å²) in [7, 11) is 0. The molecule has 2 N–H and O–H groups in total. The number of hydrogen-bond acceptors (Lipinski definition) is 3. The molecule has 30 heavy (non-hydrogen) atoms.